The third kappa shape index (κ3) is 7.48. The van der Waals surface area contributed by atoms with Crippen molar-refractivity contribution >= 4 is 29.0 Å². The molecule has 0 aliphatic rings. The number of hydrogen-bond donors (Lipinski definition) is 2. The Morgan fingerprint density at radius 3 is 2.64 bits per heavy atom. The SMILES string of the molecule is CC(CC(=O)OC(C)C)=NNC(N)=S. The predicted molar refractivity (Wildman–Crippen MR) is 58.9 cm³/mol. The number of hydrazone groups is 1. The van der Waals surface area contributed by atoms with E-state index in [0.29, 0.717) is 5.71 Å². The topological polar surface area (TPSA) is 76.7 Å². The second-order valence-corrected chi connectivity index (χ2v) is 3.48. The van der Waals surface area contributed by atoms with Crippen molar-refractivity contribution in [2.75, 3.05) is 0 Å². The average molecular weight is 217 g/mol. The predicted octanol–water partition coefficient (Wildman–Crippen LogP) is 0.537. The Kier molecular flexibility index (Phi) is 5.78. The number of carbonyl (C=O) groups excluding carboxylic acids is 1. The van der Waals surface area contributed by atoms with Gasteiger partial charge in [-0.3, -0.25) is 10.2 Å². The molecule has 0 aromatic heterocycles. The molecule has 0 amide bonds. The van der Waals surface area contributed by atoms with Gasteiger partial charge in [-0.25, -0.2) is 0 Å². The highest BCUT2D eigenvalue weighted by atomic mass is 32.1. The first-order chi connectivity index (χ1) is 6.41. The van der Waals surface area contributed by atoms with Crippen LogP contribution in [-0.4, -0.2) is 22.9 Å². The highest BCUT2D eigenvalue weighted by molar-refractivity contribution is 7.80. The van der Waals surface area contributed by atoms with E-state index in [1.165, 1.54) is 0 Å². The van der Waals surface area contributed by atoms with Gasteiger partial charge in [0, 0.05) is 5.71 Å². The summed E-state index contributed by atoms with van der Waals surface area (Å²) >= 11 is 4.54. The number of nitrogens with one attached hydrogen (secondary N) is 1. The van der Waals surface area contributed by atoms with Crippen molar-refractivity contribution in [2.24, 2.45) is 10.8 Å². The lowest BCUT2D eigenvalue weighted by molar-refractivity contribution is -0.145. The van der Waals surface area contributed by atoms with Gasteiger partial charge in [0.2, 0.25) is 0 Å². The number of nitrogens with zero attached hydrogens (tertiary/aromatic N) is 1. The van der Waals surface area contributed by atoms with Crippen LogP contribution >= 0.6 is 12.2 Å². The fourth-order valence-electron chi connectivity index (χ4n) is 0.704. The van der Waals surface area contributed by atoms with Gasteiger partial charge in [-0.05, 0) is 33.0 Å². The molecule has 0 bridgehead atoms. The van der Waals surface area contributed by atoms with Crippen molar-refractivity contribution in [3.05, 3.63) is 0 Å². The Balaban J connectivity index is 3.92. The minimum atomic E-state index is -0.314. The van der Waals surface area contributed by atoms with Crippen LogP contribution in [0.25, 0.3) is 0 Å². The first kappa shape index (κ1) is 12.8. The molecule has 0 saturated heterocycles. The zero-order valence-electron chi connectivity index (χ0n) is 8.53. The summed E-state index contributed by atoms with van der Waals surface area (Å²) in [4.78, 5) is 11.1. The van der Waals surface area contributed by atoms with Crippen molar-refractivity contribution in [2.45, 2.75) is 33.3 Å². The van der Waals surface area contributed by atoms with Crippen LogP contribution in [0.3, 0.4) is 0 Å². The molecule has 0 atom stereocenters. The zero-order chi connectivity index (χ0) is 11.1. The minimum absolute atomic E-state index is 0.0709. The summed E-state index contributed by atoms with van der Waals surface area (Å²) in [6, 6.07) is 0. The molecule has 5 nitrogen and oxygen atoms in total. The maximum absolute atomic E-state index is 11.1. The normalized spacial score (nSPS) is 11.3. The molecule has 0 aromatic carbocycles. The number of nitrogens with two attached hydrogens (primary N) is 1. The van der Waals surface area contributed by atoms with E-state index in [0.717, 1.165) is 0 Å². The Morgan fingerprint density at radius 1 is 1.64 bits per heavy atom. The molecule has 0 aliphatic carbocycles. The fourth-order valence-corrected chi connectivity index (χ4v) is 0.749. The Labute approximate surface area is 88.7 Å². The van der Waals surface area contributed by atoms with E-state index in [-0.39, 0.29) is 23.6 Å². The molecule has 6 heteroatoms. The fraction of sp³-hybridized carbons (Fsp3) is 0.625. The van der Waals surface area contributed by atoms with E-state index in [1.54, 1.807) is 20.8 Å². The second kappa shape index (κ2) is 6.31. The summed E-state index contributed by atoms with van der Waals surface area (Å²) in [6.45, 7) is 5.27. The number of esters is 1. The van der Waals surface area contributed by atoms with Crippen LogP contribution < -0.4 is 11.2 Å². The van der Waals surface area contributed by atoms with Crippen molar-refractivity contribution in [1.82, 2.24) is 5.43 Å². The standard InChI is InChI=1S/C8H15N3O2S/c1-5(2)13-7(12)4-6(3)10-11-8(9)14/h5H,4H2,1-3H3,(H3,9,11,14). The molecule has 0 saturated carbocycles. The van der Waals surface area contributed by atoms with Gasteiger partial charge < -0.3 is 10.5 Å². The number of carbonyl (C=O) groups is 1. The van der Waals surface area contributed by atoms with Gasteiger partial charge in [-0.15, -0.1) is 0 Å². The lowest BCUT2D eigenvalue weighted by atomic mass is 10.3. The molecule has 3 N–H and O–H groups in total. The van der Waals surface area contributed by atoms with Crippen LogP contribution in [0.2, 0.25) is 0 Å². The summed E-state index contributed by atoms with van der Waals surface area (Å²) in [5.41, 5.74) is 8.12. The van der Waals surface area contributed by atoms with E-state index in [1.807, 2.05) is 0 Å². The van der Waals surface area contributed by atoms with Crippen LogP contribution in [-0.2, 0) is 9.53 Å². The summed E-state index contributed by atoms with van der Waals surface area (Å²) in [6.07, 6.45) is 0.0206. The number of rotatable bonds is 4. The van der Waals surface area contributed by atoms with Crippen molar-refractivity contribution in [1.29, 1.82) is 0 Å². The van der Waals surface area contributed by atoms with Crippen LogP contribution in [0.5, 0.6) is 0 Å². The quantitative estimate of drug-likeness (QED) is 0.311. The molecule has 0 aliphatic heterocycles. The maximum Gasteiger partial charge on any atom is 0.311 e. The number of thiocarbonyl (C=S) groups is 1. The molecule has 0 rings (SSSR count). The van der Waals surface area contributed by atoms with Gasteiger partial charge in [0.05, 0.1) is 12.5 Å². The van der Waals surface area contributed by atoms with Gasteiger partial charge in [-0.2, -0.15) is 5.10 Å². The second-order valence-electron chi connectivity index (χ2n) is 3.04. The molecule has 0 spiro atoms. The van der Waals surface area contributed by atoms with E-state index >= 15 is 0 Å². The highest BCUT2D eigenvalue weighted by Gasteiger charge is 2.06. The van der Waals surface area contributed by atoms with Gasteiger partial charge in [-0.1, -0.05) is 0 Å². The van der Waals surface area contributed by atoms with E-state index in [9.17, 15) is 4.79 Å². The molecule has 0 radical (unpaired) electrons. The molecule has 0 heterocycles. The van der Waals surface area contributed by atoms with Gasteiger partial charge in [0.1, 0.15) is 0 Å². The van der Waals surface area contributed by atoms with Crippen molar-refractivity contribution < 1.29 is 9.53 Å². The van der Waals surface area contributed by atoms with Crippen molar-refractivity contribution in [3.8, 4) is 0 Å². The molecule has 14 heavy (non-hydrogen) atoms. The van der Waals surface area contributed by atoms with Crippen LogP contribution in [0.15, 0.2) is 5.10 Å². The van der Waals surface area contributed by atoms with Gasteiger partial charge in [0.15, 0.2) is 5.11 Å². The third-order valence-electron chi connectivity index (χ3n) is 1.12. The lowest BCUT2D eigenvalue weighted by Crippen LogP contribution is -2.25. The van der Waals surface area contributed by atoms with Gasteiger partial charge in [0.25, 0.3) is 0 Å². The molecule has 80 valence electrons. The highest BCUT2D eigenvalue weighted by Crippen LogP contribution is 1.94. The first-order valence-electron chi connectivity index (χ1n) is 4.20. The van der Waals surface area contributed by atoms with Gasteiger partial charge >= 0.3 is 5.97 Å². The summed E-state index contributed by atoms with van der Waals surface area (Å²) in [5.74, 6) is -0.314. The minimum Gasteiger partial charge on any atom is -0.463 e. The van der Waals surface area contributed by atoms with Crippen LogP contribution in [0.1, 0.15) is 27.2 Å². The zero-order valence-corrected chi connectivity index (χ0v) is 9.35. The Morgan fingerprint density at radius 2 is 2.21 bits per heavy atom. The summed E-state index contributed by atoms with van der Waals surface area (Å²) in [5, 5.41) is 3.84. The number of hydrogen-bond acceptors (Lipinski definition) is 4. The third-order valence-corrected chi connectivity index (χ3v) is 1.22. The molecule has 0 aromatic rings. The molecule has 0 fully saturated rings. The molecular formula is C8H15N3O2S. The number of ether oxygens (including phenoxy) is 1. The maximum atomic E-state index is 11.1. The van der Waals surface area contributed by atoms with E-state index in [4.69, 9.17) is 10.5 Å². The molecule has 0 unspecified atom stereocenters. The van der Waals surface area contributed by atoms with E-state index < -0.39 is 0 Å². The Bertz CT molecular complexity index is 251. The van der Waals surface area contributed by atoms with Crippen LogP contribution in [0.4, 0.5) is 0 Å². The van der Waals surface area contributed by atoms with E-state index in [2.05, 4.69) is 22.7 Å². The largest absolute Gasteiger partial charge is 0.463 e. The monoisotopic (exact) mass is 217 g/mol. The van der Waals surface area contributed by atoms with Crippen molar-refractivity contribution in [3.63, 3.8) is 0 Å². The van der Waals surface area contributed by atoms with Crippen LogP contribution in [0, 0.1) is 0 Å². The summed E-state index contributed by atoms with van der Waals surface area (Å²) < 4.78 is 4.92. The Hall–Kier alpha value is -1.17. The smallest absolute Gasteiger partial charge is 0.311 e. The average Bonchev–Trinajstić information content (AvgIpc) is 1.98. The lowest BCUT2D eigenvalue weighted by Gasteiger charge is -2.07. The first-order valence-corrected chi connectivity index (χ1v) is 4.60. The molecular weight excluding hydrogens is 202 g/mol. The summed E-state index contributed by atoms with van der Waals surface area (Å²) in [7, 11) is 0.